The summed E-state index contributed by atoms with van der Waals surface area (Å²) in [7, 11) is 0. The van der Waals surface area contributed by atoms with E-state index in [1.807, 2.05) is 0 Å². The van der Waals surface area contributed by atoms with E-state index in [0.29, 0.717) is 0 Å². The van der Waals surface area contributed by atoms with Crippen LogP contribution in [0.2, 0.25) is 0 Å². The molecule has 0 N–H and O–H groups in total. The Morgan fingerprint density at radius 1 is 0.257 bits per heavy atom. The highest BCUT2D eigenvalue weighted by atomic mass is 15.1. The van der Waals surface area contributed by atoms with Crippen LogP contribution in [-0.4, -0.2) is 4.57 Å². The lowest BCUT2D eigenvalue weighted by molar-refractivity contribution is 1.18. The lowest BCUT2D eigenvalue weighted by Crippen LogP contribution is -2.11. The minimum Gasteiger partial charge on any atom is -0.310 e. The van der Waals surface area contributed by atoms with Gasteiger partial charge < -0.3 is 9.47 Å². The van der Waals surface area contributed by atoms with Gasteiger partial charge in [0.05, 0.1) is 16.7 Å². The number of para-hydroxylation sites is 3. The van der Waals surface area contributed by atoms with Gasteiger partial charge >= 0.3 is 0 Å². The minimum absolute atomic E-state index is 1.07. The molecule has 328 valence electrons. The van der Waals surface area contributed by atoms with Gasteiger partial charge in [0.1, 0.15) is 0 Å². The first-order chi connectivity index (χ1) is 34.8. The second kappa shape index (κ2) is 17.4. The minimum atomic E-state index is 1.07. The zero-order valence-corrected chi connectivity index (χ0v) is 38.5. The molecule has 0 unspecified atom stereocenters. The molecule has 2 nitrogen and oxygen atoms in total. The predicted molar refractivity (Wildman–Crippen MR) is 298 cm³/mol. The van der Waals surface area contributed by atoms with E-state index in [2.05, 4.69) is 289 Å². The van der Waals surface area contributed by atoms with Gasteiger partial charge in [0, 0.05) is 33.4 Å². The molecule has 1 heterocycles. The van der Waals surface area contributed by atoms with Crippen LogP contribution in [0.1, 0.15) is 0 Å². The van der Waals surface area contributed by atoms with Crippen molar-refractivity contribution in [2.45, 2.75) is 0 Å². The fraction of sp³-hybridized carbons (Fsp3) is 0. The normalized spacial score (nSPS) is 11.4. The summed E-state index contributed by atoms with van der Waals surface area (Å²) in [6, 6.07) is 102. The first-order valence-electron chi connectivity index (χ1n) is 24.1. The molecule has 0 radical (unpaired) electrons. The number of hydrogen-bond donors (Lipinski definition) is 0. The zero-order chi connectivity index (χ0) is 46.4. The summed E-state index contributed by atoms with van der Waals surface area (Å²) in [6.45, 7) is 0. The van der Waals surface area contributed by atoms with Crippen LogP contribution >= 0.6 is 0 Å². The molecular weight excluding hydrogens is 845 g/mol. The number of fused-ring (bicyclic) bond motifs is 6. The van der Waals surface area contributed by atoms with Crippen molar-refractivity contribution < 1.29 is 0 Å². The van der Waals surface area contributed by atoms with Crippen molar-refractivity contribution >= 4 is 60.4 Å². The van der Waals surface area contributed by atoms with Crippen molar-refractivity contribution in [2.75, 3.05) is 4.90 Å². The van der Waals surface area contributed by atoms with Crippen LogP contribution in [0.4, 0.5) is 17.1 Å². The van der Waals surface area contributed by atoms with Gasteiger partial charge in [-0.3, -0.25) is 0 Å². The van der Waals surface area contributed by atoms with Gasteiger partial charge in [0.15, 0.2) is 0 Å². The summed E-state index contributed by atoms with van der Waals surface area (Å²) in [5.74, 6) is 0. The third-order valence-electron chi connectivity index (χ3n) is 14.0. The van der Waals surface area contributed by atoms with Gasteiger partial charge in [-0.15, -0.1) is 0 Å². The average Bonchev–Trinajstić information content (AvgIpc) is 3.79. The monoisotopic (exact) mass is 890 g/mol. The third kappa shape index (κ3) is 7.05. The molecule has 0 saturated carbocycles. The quantitative estimate of drug-likeness (QED) is 0.131. The highest BCUT2D eigenvalue weighted by Crippen LogP contribution is 2.48. The molecule has 13 aromatic rings. The van der Waals surface area contributed by atoms with Crippen LogP contribution in [0.5, 0.6) is 0 Å². The van der Waals surface area contributed by atoms with Gasteiger partial charge in [-0.1, -0.05) is 218 Å². The SMILES string of the molecule is c1ccc(-c2ccc(N(c3ccc(-c4ccc5c(c4)c(-c4ccccc4)c(-c4ccccc4)c4ccccc45)cc3)c3ccccc3-c3cccc4c3c3ccccc3n4-c3ccccc3)cc2)cc1. The molecule has 0 aliphatic heterocycles. The summed E-state index contributed by atoms with van der Waals surface area (Å²) >= 11 is 0. The Hall–Kier alpha value is -9.24. The van der Waals surface area contributed by atoms with Gasteiger partial charge in [0.25, 0.3) is 0 Å². The molecule has 0 amide bonds. The van der Waals surface area contributed by atoms with Crippen molar-refractivity contribution in [3.63, 3.8) is 0 Å². The Bertz CT molecular complexity index is 4010. The average molecular weight is 891 g/mol. The highest BCUT2D eigenvalue weighted by Gasteiger charge is 2.23. The maximum atomic E-state index is 2.43. The Kier molecular flexibility index (Phi) is 10.2. The molecule has 0 spiro atoms. The fourth-order valence-electron chi connectivity index (χ4n) is 10.8. The van der Waals surface area contributed by atoms with E-state index in [-0.39, 0.29) is 0 Å². The molecule has 70 heavy (non-hydrogen) atoms. The number of rotatable bonds is 9. The summed E-state index contributed by atoms with van der Waals surface area (Å²) in [5, 5.41) is 7.46. The van der Waals surface area contributed by atoms with Crippen molar-refractivity contribution in [3.8, 4) is 61.3 Å². The van der Waals surface area contributed by atoms with Gasteiger partial charge in [-0.25, -0.2) is 0 Å². The molecule has 13 rings (SSSR count). The number of anilines is 3. The Labute approximate surface area is 408 Å². The Balaban J connectivity index is 0.984. The summed E-state index contributed by atoms with van der Waals surface area (Å²) in [6.07, 6.45) is 0. The van der Waals surface area contributed by atoms with Gasteiger partial charge in [0.2, 0.25) is 0 Å². The van der Waals surface area contributed by atoms with E-state index < -0.39 is 0 Å². The zero-order valence-electron chi connectivity index (χ0n) is 38.5. The van der Waals surface area contributed by atoms with Gasteiger partial charge in [-0.2, -0.15) is 0 Å². The van der Waals surface area contributed by atoms with Crippen molar-refractivity contribution in [2.24, 2.45) is 0 Å². The smallest absolute Gasteiger partial charge is 0.0547 e. The largest absolute Gasteiger partial charge is 0.310 e. The maximum Gasteiger partial charge on any atom is 0.0547 e. The number of nitrogens with zero attached hydrogens (tertiary/aromatic N) is 2. The van der Waals surface area contributed by atoms with E-state index in [4.69, 9.17) is 0 Å². The van der Waals surface area contributed by atoms with Crippen LogP contribution < -0.4 is 4.90 Å². The molecule has 0 bridgehead atoms. The predicted octanol–water partition coefficient (Wildman–Crippen LogP) is 18.9. The summed E-state index contributed by atoms with van der Waals surface area (Å²) in [4.78, 5) is 2.43. The molecule has 0 fully saturated rings. The molecule has 2 heteroatoms. The number of hydrogen-bond acceptors (Lipinski definition) is 1. The summed E-state index contributed by atoms with van der Waals surface area (Å²) in [5.41, 5.74) is 18.8. The van der Waals surface area contributed by atoms with E-state index in [0.717, 1.165) is 33.9 Å². The molecular formula is C68H46N2. The second-order valence-electron chi connectivity index (χ2n) is 18.0. The highest BCUT2D eigenvalue weighted by molar-refractivity contribution is 6.22. The summed E-state index contributed by atoms with van der Waals surface area (Å²) < 4.78 is 2.40. The molecule has 12 aromatic carbocycles. The second-order valence-corrected chi connectivity index (χ2v) is 18.0. The maximum absolute atomic E-state index is 2.43. The fourth-order valence-corrected chi connectivity index (χ4v) is 10.8. The Morgan fingerprint density at radius 2 is 0.700 bits per heavy atom. The van der Waals surface area contributed by atoms with Crippen molar-refractivity contribution in [3.05, 3.63) is 279 Å². The lowest BCUT2D eigenvalue weighted by atomic mass is 9.84. The van der Waals surface area contributed by atoms with E-state index in [1.54, 1.807) is 0 Å². The topological polar surface area (TPSA) is 8.17 Å². The molecule has 0 atom stereocenters. The first-order valence-corrected chi connectivity index (χ1v) is 24.1. The van der Waals surface area contributed by atoms with E-state index in [1.165, 1.54) is 87.9 Å². The van der Waals surface area contributed by atoms with Crippen LogP contribution in [0.15, 0.2) is 279 Å². The van der Waals surface area contributed by atoms with Crippen LogP contribution in [0.3, 0.4) is 0 Å². The molecule has 0 saturated heterocycles. The first kappa shape index (κ1) is 41.0. The number of aromatic nitrogens is 1. The van der Waals surface area contributed by atoms with Gasteiger partial charge in [-0.05, 0) is 132 Å². The van der Waals surface area contributed by atoms with Crippen LogP contribution in [0.25, 0.3) is 105 Å². The van der Waals surface area contributed by atoms with E-state index >= 15 is 0 Å². The third-order valence-corrected chi connectivity index (χ3v) is 14.0. The lowest BCUT2D eigenvalue weighted by Gasteiger charge is -2.28. The molecule has 0 aliphatic rings. The van der Waals surface area contributed by atoms with Crippen molar-refractivity contribution in [1.82, 2.24) is 4.57 Å². The van der Waals surface area contributed by atoms with Crippen molar-refractivity contribution in [1.29, 1.82) is 0 Å². The molecule has 0 aliphatic carbocycles. The molecule has 1 aromatic heterocycles. The van der Waals surface area contributed by atoms with E-state index in [9.17, 15) is 0 Å². The standard InChI is InChI=1S/C68H46N2/c1-5-20-47(21-6-1)48-36-41-54(42-37-48)69(63-33-17-15-29-58(63)60-32-19-35-65-68(60)61-31-16-18-34-64(61)70(65)53-26-11-4-12-27-53)55-43-38-49(39-44-55)52-40-45-57-56-28-13-14-30-59(56)66(50-22-7-2-8-23-50)67(62(57)46-52)51-24-9-3-10-25-51/h1-46H. The Morgan fingerprint density at radius 3 is 1.36 bits per heavy atom. The van der Waals surface area contributed by atoms with Crippen LogP contribution in [-0.2, 0) is 0 Å². The van der Waals surface area contributed by atoms with Crippen LogP contribution in [0, 0.1) is 0 Å². The number of benzene rings is 12.